The maximum Gasteiger partial charge on any atom is 0.248 e. The largest absolute Gasteiger partial charge is 0.366 e. The van der Waals surface area contributed by atoms with Crippen molar-refractivity contribution in [2.75, 3.05) is 0 Å². The van der Waals surface area contributed by atoms with Crippen LogP contribution in [0.3, 0.4) is 0 Å². The number of aryl methyl sites for hydroxylation is 2. The molecule has 1 amide bonds. The van der Waals surface area contributed by atoms with E-state index in [0.717, 1.165) is 22.0 Å². The SMILES string of the molecule is Cc1ccc(-n2nnnc2SCc2ccc(C(N)=O)cc2)c(C)c1. The Morgan fingerprint density at radius 1 is 1.17 bits per heavy atom. The monoisotopic (exact) mass is 339 g/mol. The van der Waals surface area contributed by atoms with Gasteiger partial charge in [-0.3, -0.25) is 4.79 Å². The lowest BCUT2D eigenvalue weighted by Crippen LogP contribution is -2.10. The van der Waals surface area contributed by atoms with Gasteiger partial charge in [0.2, 0.25) is 11.1 Å². The number of nitrogens with zero attached hydrogens (tertiary/aromatic N) is 4. The molecule has 0 unspecified atom stereocenters. The first-order valence-corrected chi connectivity index (χ1v) is 8.40. The minimum Gasteiger partial charge on any atom is -0.366 e. The Hall–Kier alpha value is -2.67. The zero-order valence-corrected chi connectivity index (χ0v) is 14.2. The fourth-order valence-corrected chi connectivity index (χ4v) is 3.22. The van der Waals surface area contributed by atoms with Gasteiger partial charge < -0.3 is 5.73 Å². The van der Waals surface area contributed by atoms with E-state index in [9.17, 15) is 4.79 Å². The molecule has 1 aromatic heterocycles. The summed E-state index contributed by atoms with van der Waals surface area (Å²) in [7, 11) is 0. The molecule has 0 aliphatic heterocycles. The summed E-state index contributed by atoms with van der Waals surface area (Å²) >= 11 is 1.54. The number of primary amides is 1. The highest BCUT2D eigenvalue weighted by atomic mass is 32.2. The molecular weight excluding hydrogens is 322 g/mol. The number of amides is 1. The molecule has 0 aliphatic carbocycles. The van der Waals surface area contributed by atoms with Crippen molar-refractivity contribution < 1.29 is 4.79 Å². The Morgan fingerprint density at radius 2 is 1.92 bits per heavy atom. The van der Waals surface area contributed by atoms with Crippen LogP contribution in [0.25, 0.3) is 5.69 Å². The molecule has 0 spiro atoms. The first-order valence-electron chi connectivity index (χ1n) is 7.42. The quantitative estimate of drug-likeness (QED) is 0.722. The maximum atomic E-state index is 11.1. The van der Waals surface area contributed by atoms with Crippen molar-refractivity contribution in [3.8, 4) is 5.69 Å². The predicted octanol–water partition coefficient (Wildman–Crippen LogP) is 2.67. The topological polar surface area (TPSA) is 86.7 Å². The third-order valence-corrected chi connectivity index (χ3v) is 4.62. The van der Waals surface area contributed by atoms with Gasteiger partial charge in [-0.15, -0.1) is 5.10 Å². The van der Waals surface area contributed by atoms with Gasteiger partial charge in [-0.2, -0.15) is 4.68 Å². The van der Waals surface area contributed by atoms with E-state index in [2.05, 4.69) is 28.5 Å². The highest BCUT2D eigenvalue weighted by molar-refractivity contribution is 7.98. The summed E-state index contributed by atoms with van der Waals surface area (Å²) in [5.41, 5.74) is 10.1. The molecule has 0 aliphatic rings. The normalized spacial score (nSPS) is 10.8. The van der Waals surface area contributed by atoms with Gasteiger partial charge in [-0.1, -0.05) is 41.6 Å². The average Bonchev–Trinajstić information content (AvgIpc) is 3.01. The zero-order chi connectivity index (χ0) is 17.1. The van der Waals surface area contributed by atoms with Gasteiger partial charge >= 0.3 is 0 Å². The molecule has 6 nitrogen and oxygen atoms in total. The smallest absolute Gasteiger partial charge is 0.248 e. The van der Waals surface area contributed by atoms with E-state index in [1.807, 2.05) is 31.2 Å². The van der Waals surface area contributed by atoms with Crippen LogP contribution in [0.15, 0.2) is 47.6 Å². The summed E-state index contributed by atoms with van der Waals surface area (Å²) < 4.78 is 1.75. The lowest BCUT2D eigenvalue weighted by atomic mass is 10.1. The maximum absolute atomic E-state index is 11.1. The number of rotatable bonds is 5. The second-order valence-electron chi connectivity index (χ2n) is 5.51. The molecule has 3 rings (SSSR count). The Balaban J connectivity index is 1.77. The van der Waals surface area contributed by atoms with E-state index in [1.54, 1.807) is 16.8 Å². The summed E-state index contributed by atoms with van der Waals surface area (Å²) in [6.45, 7) is 4.10. The molecule has 0 saturated heterocycles. The summed E-state index contributed by atoms with van der Waals surface area (Å²) in [6.07, 6.45) is 0. The standard InChI is InChI=1S/C17H17N5OS/c1-11-3-8-15(12(2)9-11)22-17(19-20-21-22)24-10-13-4-6-14(7-5-13)16(18)23/h3-9H,10H2,1-2H3,(H2,18,23). The number of carbonyl (C=O) groups is 1. The third kappa shape index (κ3) is 3.46. The van der Waals surface area contributed by atoms with Gasteiger partial charge in [-0.25, -0.2) is 0 Å². The molecule has 0 bridgehead atoms. The number of hydrogen-bond acceptors (Lipinski definition) is 5. The van der Waals surface area contributed by atoms with Crippen LogP contribution in [0.5, 0.6) is 0 Å². The van der Waals surface area contributed by atoms with E-state index < -0.39 is 5.91 Å². The molecule has 0 fully saturated rings. The summed E-state index contributed by atoms with van der Waals surface area (Å²) in [6, 6.07) is 13.4. The minimum atomic E-state index is -0.423. The van der Waals surface area contributed by atoms with E-state index in [4.69, 9.17) is 5.73 Å². The number of tetrazole rings is 1. The molecule has 7 heteroatoms. The van der Waals surface area contributed by atoms with Crippen molar-refractivity contribution in [3.63, 3.8) is 0 Å². The van der Waals surface area contributed by atoms with Gasteiger partial charge in [0.05, 0.1) is 5.69 Å². The number of hydrogen-bond donors (Lipinski definition) is 1. The summed E-state index contributed by atoms with van der Waals surface area (Å²) in [4.78, 5) is 11.1. The molecule has 0 radical (unpaired) electrons. The van der Waals surface area contributed by atoms with Crippen LogP contribution in [0.4, 0.5) is 0 Å². The van der Waals surface area contributed by atoms with Crippen LogP contribution < -0.4 is 5.73 Å². The van der Waals surface area contributed by atoms with Crippen molar-refractivity contribution in [2.24, 2.45) is 5.73 Å². The second kappa shape index (κ2) is 6.84. The Bertz CT molecular complexity index is 873. The van der Waals surface area contributed by atoms with Crippen molar-refractivity contribution in [1.29, 1.82) is 0 Å². The van der Waals surface area contributed by atoms with Gasteiger partial charge in [0.25, 0.3) is 0 Å². The molecular formula is C17H17N5OS. The molecule has 24 heavy (non-hydrogen) atoms. The Labute approximate surface area is 144 Å². The first-order chi connectivity index (χ1) is 11.5. The molecule has 0 saturated carbocycles. The Kier molecular flexibility index (Phi) is 4.61. The lowest BCUT2D eigenvalue weighted by Gasteiger charge is -2.08. The van der Waals surface area contributed by atoms with E-state index in [1.165, 1.54) is 17.3 Å². The van der Waals surface area contributed by atoms with E-state index in [-0.39, 0.29) is 0 Å². The molecule has 0 atom stereocenters. The molecule has 3 aromatic rings. The average molecular weight is 339 g/mol. The summed E-state index contributed by atoms with van der Waals surface area (Å²) in [5.74, 6) is 0.276. The number of thioether (sulfide) groups is 1. The van der Waals surface area contributed by atoms with Crippen LogP contribution in [-0.2, 0) is 5.75 Å². The number of nitrogens with two attached hydrogens (primary N) is 1. The highest BCUT2D eigenvalue weighted by Crippen LogP contribution is 2.24. The molecule has 2 N–H and O–H groups in total. The highest BCUT2D eigenvalue weighted by Gasteiger charge is 2.11. The lowest BCUT2D eigenvalue weighted by molar-refractivity contribution is 0.100. The van der Waals surface area contributed by atoms with E-state index >= 15 is 0 Å². The predicted molar refractivity (Wildman–Crippen MR) is 93.1 cm³/mol. The molecule has 2 aromatic carbocycles. The van der Waals surface area contributed by atoms with Crippen molar-refractivity contribution in [3.05, 3.63) is 64.7 Å². The number of aromatic nitrogens is 4. The fourth-order valence-electron chi connectivity index (χ4n) is 2.38. The molecule has 122 valence electrons. The van der Waals surface area contributed by atoms with Gasteiger partial charge in [0, 0.05) is 11.3 Å². The van der Waals surface area contributed by atoms with Crippen LogP contribution in [0.2, 0.25) is 0 Å². The molecule has 1 heterocycles. The van der Waals surface area contributed by atoms with Crippen LogP contribution in [0, 0.1) is 13.8 Å². The van der Waals surface area contributed by atoms with Crippen molar-refractivity contribution in [1.82, 2.24) is 20.2 Å². The number of benzene rings is 2. The van der Waals surface area contributed by atoms with Crippen molar-refractivity contribution >= 4 is 17.7 Å². The summed E-state index contributed by atoms with van der Waals surface area (Å²) in [5, 5.41) is 12.7. The minimum absolute atomic E-state index is 0.423. The zero-order valence-electron chi connectivity index (χ0n) is 13.4. The first kappa shape index (κ1) is 16.2. The third-order valence-electron chi connectivity index (χ3n) is 3.63. The fraction of sp³-hybridized carbons (Fsp3) is 0.176. The Morgan fingerprint density at radius 3 is 2.58 bits per heavy atom. The van der Waals surface area contributed by atoms with E-state index in [0.29, 0.717) is 11.3 Å². The van der Waals surface area contributed by atoms with Crippen LogP contribution in [-0.4, -0.2) is 26.1 Å². The van der Waals surface area contributed by atoms with Gasteiger partial charge in [0.1, 0.15) is 0 Å². The van der Waals surface area contributed by atoms with Crippen LogP contribution in [0.1, 0.15) is 27.0 Å². The van der Waals surface area contributed by atoms with Gasteiger partial charge in [0.15, 0.2) is 0 Å². The second-order valence-corrected chi connectivity index (χ2v) is 6.46. The van der Waals surface area contributed by atoms with Crippen LogP contribution >= 0.6 is 11.8 Å². The number of carbonyl (C=O) groups excluding carboxylic acids is 1. The van der Waals surface area contributed by atoms with Crippen molar-refractivity contribution in [2.45, 2.75) is 24.8 Å². The van der Waals surface area contributed by atoms with Gasteiger partial charge in [-0.05, 0) is 53.6 Å².